The van der Waals surface area contributed by atoms with Crippen LogP contribution in [-0.2, 0) is 16.0 Å². The summed E-state index contributed by atoms with van der Waals surface area (Å²) in [6, 6.07) is 12.1. The van der Waals surface area contributed by atoms with E-state index < -0.39 is 12.1 Å². The number of urea groups is 1. The van der Waals surface area contributed by atoms with Crippen LogP contribution < -0.4 is 14.8 Å². The molecule has 2 amide bonds. The van der Waals surface area contributed by atoms with E-state index in [1.54, 1.807) is 42.2 Å². The second-order valence-corrected chi connectivity index (χ2v) is 8.83. The van der Waals surface area contributed by atoms with Crippen LogP contribution in [-0.4, -0.2) is 67.6 Å². The number of nitrogens with one attached hydrogen (secondary N) is 1. The van der Waals surface area contributed by atoms with Gasteiger partial charge in [0.2, 0.25) is 0 Å². The quantitative estimate of drug-likeness (QED) is 0.280. The molecule has 0 bridgehead atoms. The molecular weight excluding hydrogens is 507 g/mol. The highest BCUT2D eigenvalue weighted by atomic mass is 35.5. The Morgan fingerprint density at radius 1 is 0.944 bits per heavy atom. The van der Waals surface area contributed by atoms with E-state index in [1.165, 1.54) is 0 Å². The van der Waals surface area contributed by atoms with E-state index in [4.69, 9.17) is 37.4 Å². The third kappa shape index (κ3) is 10.9. The van der Waals surface area contributed by atoms with Gasteiger partial charge >= 0.3 is 12.0 Å². The van der Waals surface area contributed by atoms with Gasteiger partial charge in [0.15, 0.2) is 6.10 Å². The van der Waals surface area contributed by atoms with Gasteiger partial charge in [0.25, 0.3) is 0 Å². The molecule has 0 saturated carbocycles. The maximum absolute atomic E-state index is 12.4. The van der Waals surface area contributed by atoms with Crippen LogP contribution in [0.15, 0.2) is 42.5 Å². The second-order valence-electron chi connectivity index (χ2n) is 7.96. The van der Waals surface area contributed by atoms with Gasteiger partial charge in [-0.3, -0.25) is 0 Å². The number of carbonyl (C=O) groups excluding carboxylic acids is 1. The van der Waals surface area contributed by atoms with Crippen LogP contribution in [0.5, 0.6) is 11.5 Å². The zero-order valence-electron chi connectivity index (χ0n) is 20.7. The number of hydrogen-bond donors (Lipinski definition) is 2. The molecule has 8 nitrogen and oxygen atoms in total. The van der Waals surface area contributed by atoms with Crippen LogP contribution in [0.25, 0.3) is 0 Å². The first kappa shape index (κ1) is 29.5. The van der Waals surface area contributed by atoms with E-state index in [-0.39, 0.29) is 12.5 Å². The lowest BCUT2D eigenvalue weighted by Gasteiger charge is -2.23. The van der Waals surface area contributed by atoms with Crippen LogP contribution in [0, 0.1) is 0 Å². The number of nitrogens with zero attached hydrogens (tertiary/aromatic N) is 1. The average Bonchev–Trinajstić information content (AvgIpc) is 2.83. The third-order valence-corrected chi connectivity index (χ3v) is 5.60. The van der Waals surface area contributed by atoms with Crippen molar-refractivity contribution in [1.82, 2.24) is 10.2 Å². The van der Waals surface area contributed by atoms with Crippen LogP contribution >= 0.6 is 23.2 Å². The largest absolute Gasteiger partial charge is 0.493 e. The van der Waals surface area contributed by atoms with E-state index in [0.29, 0.717) is 61.0 Å². The highest BCUT2D eigenvalue weighted by molar-refractivity contribution is 6.34. The van der Waals surface area contributed by atoms with Crippen molar-refractivity contribution in [2.24, 2.45) is 0 Å². The first-order valence-corrected chi connectivity index (χ1v) is 12.8. The minimum atomic E-state index is -0.983. The van der Waals surface area contributed by atoms with E-state index >= 15 is 0 Å². The number of carboxylic acid groups (broad SMARTS) is 1. The summed E-state index contributed by atoms with van der Waals surface area (Å²) in [5, 5.41) is 13.1. The number of rotatable bonds is 16. The van der Waals surface area contributed by atoms with Crippen molar-refractivity contribution in [3.8, 4) is 11.5 Å². The fourth-order valence-corrected chi connectivity index (χ4v) is 3.92. The van der Waals surface area contributed by atoms with E-state index in [2.05, 4.69) is 5.32 Å². The molecule has 0 aliphatic carbocycles. The van der Waals surface area contributed by atoms with E-state index in [1.807, 2.05) is 19.1 Å². The summed E-state index contributed by atoms with van der Waals surface area (Å²) in [5.41, 5.74) is 0.842. The summed E-state index contributed by atoms with van der Waals surface area (Å²) >= 11 is 12.0. The minimum absolute atomic E-state index is 0.144. The van der Waals surface area contributed by atoms with Gasteiger partial charge in [0, 0.05) is 36.2 Å². The second kappa shape index (κ2) is 16.1. The van der Waals surface area contributed by atoms with Crippen molar-refractivity contribution in [2.75, 3.05) is 39.5 Å². The smallest absolute Gasteiger partial charge is 0.333 e. The molecule has 2 aromatic rings. The molecule has 1 unspecified atom stereocenters. The van der Waals surface area contributed by atoms with Crippen molar-refractivity contribution < 1.29 is 28.9 Å². The predicted molar refractivity (Wildman–Crippen MR) is 141 cm³/mol. The Bertz CT molecular complexity index is 938. The third-order valence-electron chi connectivity index (χ3n) is 5.16. The first-order chi connectivity index (χ1) is 17.3. The monoisotopic (exact) mass is 540 g/mol. The molecule has 0 radical (unpaired) electrons. The number of hydrogen-bond acceptors (Lipinski definition) is 5. The summed E-state index contributed by atoms with van der Waals surface area (Å²) in [7, 11) is 0. The fraction of sp³-hybridized carbons (Fsp3) is 0.462. The lowest BCUT2D eigenvalue weighted by atomic mass is 10.1. The van der Waals surface area contributed by atoms with E-state index in [0.717, 1.165) is 18.4 Å². The normalized spacial score (nSPS) is 11.6. The zero-order chi connectivity index (χ0) is 26.3. The first-order valence-electron chi connectivity index (χ1n) is 12.0. The summed E-state index contributed by atoms with van der Waals surface area (Å²) in [4.78, 5) is 25.4. The highest BCUT2D eigenvalue weighted by Gasteiger charge is 2.18. The van der Waals surface area contributed by atoms with Gasteiger partial charge in [-0.1, -0.05) is 35.3 Å². The molecule has 0 saturated heterocycles. The Hall–Kier alpha value is -2.68. The molecule has 0 aliphatic heterocycles. The summed E-state index contributed by atoms with van der Waals surface area (Å²) < 4.78 is 16.8. The molecule has 0 spiro atoms. The molecular formula is C26H34Cl2N2O6. The van der Waals surface area contributed by atoms with Crippen LogP contribution in [0.4, 0.5) is 4.79 Å². The van der Waals surface area contributed by atoms with Crippen molar-refractivity contribution in [3.05, 3.63) is 58.1 Å². The summed E-state index contributed by atoms with van der Waals surface area (Å²) in [6.07, 6.45) is 0.912. The molecule has 36 heavy (non-hydrogen) atoms. The van der Waals surface area contributed by atoms with Crippen molar-refractivity contribution in [1.29, 1.82) is 0 Å². The molecule has 1 atom stereocenters. The van der Waals surface area contributed by atoms with Gasteiger partial charge in [-0.25, -0.2) is 9.59 Å². The van der Waals surface area contributed by atoms with Gasteiger partial charge in [0.05, 0.1) is 13.2 Å². The lowest BCUT2D eigenvalue weighted by molar-refractivity contribution is -0.149. The fourth-order valence-electron chi connectivity index (χ4n) is 3.41. The molecule has 0 fully saturated rings. The zero-order valence-corrected chi connectivity index (χ0v) is 22.2. The number of carboxylic acids is 1. The summed E-state index contributed by atoms with van der Waals surface area (Å²) in [6.45, 7) is 6.30. The maximum Gasteiger partial charge on any atom is 0.333 e. The molecule has 10 heteroatoms. The Labute approximate surface area is 222 Å². The van der Waals surface area contributed by atoms with Gasteiger partial charge in [-0.05, 0) is 62.6 Å². The van der Waals surface area contributed by atoms with Gasteiger partial charge in [-0.15, -0.1) is 0 Å². The standard InChI is InChI=1S/C26H34Cl2N2O6/c1-3-29-26(33)30(11-5-6-13-35-23-17-20(27)16-21(28)18-23)12-14-36-22-9-7-19(8-10-22)15-24(25(31)32)34-4-2/h7-10,16-18,24H,3-6,11-15H2,1-2H3,(H,29,33)(H,31,32). The molecule has 2 N–H and O–H groups in total. The number of carbonyl (C=O) groups is 2. The molecule has 0 heterocycles. The highest BCUT2D eigenvalue weighted by Crippen LogP contribution is 2.24. The number of ether oxygens (including phenoxy) is 3. The van der Waals surface area contributed by atoms with Crippen molar-refractivity contribution >= 4 is 35.2 Å². The van der Waals surface area contributed by atoms with Crippen molar-refractivity contribution in [2.45, 2.75) is 39.2 Å². The Morgan fingerprint density at radius 3 is 2.22 bits per heavy atom. The Balaban J connectivity index is 1.78. The summed E-state index contributed by atoms with van der Waals surface area (Å²) in [5.74, 6) is 0.276. The van der Waals surface area contributed by atoms with Crippen LogP contribution in [0.1, 0.15) is 32.3 Å². The Morgan fingerprint density at radius 2 is 1.61 bits per heavy atom. The average molecular weight is 541 g/mol. The molecule has 0 aliphatic rings. The molecule has 2 aromatic carbocycles. The number of benzene rings is 2. The van der Waals surface area contributed by atoms with Crippen LogP contribution in [0.2, 0.25) is 10.0 Å². The topological polar surface area (TPSA) is 97.3 Å². The number of aliphatic carboxylic acids is 1. The van der Waals surface area contributed by atoms with Crippen LogP contribution in [0.3, 0.4) is 0 Å². The number of unbranched alkanes of at least 4 members (excludes halogenated alkanes) is 1. The lowest BCUT2D eigenvalue weighted by Crippen LogP contribution is -2.42. The molecule has 198 valence electrons. The SMILES string of the molecule is CCNC(=O)N(CCCCOc1cc(Cl)cc(Cl)c1)CCOc1ccc(CC(OCC)C(=O)O)cc1. The van der Waals surface area contributed by atoms with Gasteiger partial charge in [-0.2, -0.15) is 0 Å². The van der Waals surface area contributed by atoms with Gasteiger partial charge < -0.3 is 29.5 Å². The minimum Gasteiger partial charge on any atom is -0.493 e. The van der Waals surface area contributed by atoms with Crippen molar-refractivity contribution in [3.63, 3.8) is 0 Å². The molecule has 2 rings (SSSR count). The maximum atomic E-state index is 12.4. The predicted octanol–water partition coefficient (Wildman–Crippen LogP) is 5.30. The number of amides is 2. The molecule has 0 aromatic heterocycles. The Kier molecular flexibility index (Phi) is 13.2. The number of halogens is 2. The van der Waals surface area contributed by atoms with Gasteiger partial charge in [0.1, 0.15) is 18.1 Å². The van der Waals surface area contributed by atoms with E-state index in [9.17, 15) is 14.7 Å².